The summed E-state index contributed by atoms with van der Waals surface area (Å²) in [5.74, 6) is 0.891. The van der Waals surface area contributed by atoms with Crippen molar-refractivity contribution in [1.82, 2.24) is 9.97 Å². The highest BCUT2D eigenvalue weighted by Gasteiger charge is 2.22. The molecule has 0 saturated carbocycles. The number of aryl methyl sites for hydroxylation is 3. The lowest BCUT2D eigenvalue weighted by molar-refractivity contribution is 0.752. The first-order chi connectivity index (χ1) is 9.15. The number of nitrogens with one attached hydrogen (secondary N) is 1. The minimum absolute atomic E-state index is 0.352. The Hall–Kier alpha value is -1.42. The molecule has 3 nitrogen and oxygen atoms in total. The number of nitrogens with zero attached hydrogens (tertiary/aromatic N) is 2. The van der Waals surface area contributed by atoms with Crippen LogP contribution >= 0.6 is 15.9 Å². The minimum atomic E-state index is 0.352. The van der Waals surface area contributed by atoms with Crippen molar-refractivity contribution < 1.29 is 0 Å². The topological polar surface area (TPSA) is 37.8 Å². The number of hydrogen-bond acceptors (Lipinski definition) is 3. The van der Waals surface area contributed by atoms with Crippen LogP contribution in [-0.4, -0.2) is 9.97 Å². The molecule has 98 valence electrons. The molecule has 19 heavy (non-hydrogen) atoms. The molecule has 3 rings (SSSR count). The van der Waals surface area contributed by atoms with E-state index < -0.39 is 0 Å². The maximum atomic E-state index is 4.59. The summed E-state index contributed by atoms with van der Waals surface area (Å²) in [6.45, 7) is 3.95. The normalized spacial score (nSPS) is 17.3. The molecule has 1 aromatic heterocycles. The molecule has 1 aliphatic carbocycles. The third kappa shape index (κ3) is 2.37. The van der Waals surface area contributed by atoms with Crippen LogP contribution in [0.3, 0.4) is 0 Å². The molecular formula is C15H16BrN3. The summed E-state index contributed by atoms with van der Waals surface area (Å²) in [6, 6.07) is 8.97. The van der Waals surface area contributed by atoms with Crippen molar-refractivity contribution in [2.75, 3.05) is 5.32 Å². The molecule has 0 saturated heterocycles. The number of aromatic nitrogens is 2. The van der Waals surface area contributed by atoms with E-state index in [1.807, 2.05) is 13.8 Å². The first-order valence-corrected chi connectivity index (χ1v) is 7.29. The molecule has 0 radical (unpaired) electrons. The van der Waals surface area contributed by atoms with Crippen LogP contribution in [0.4, 0.5) is 5.82 Å². The molecule has 0 bridgehead atoms. The maximum absolute atomic E-state index is 4.59. The van der Waals surface area contributed by atoms with Gasteiger partial charge in [0.05, 0.1) is 17.4 Å². The average molecular weight is 318 g/mol. The number of benzene rings is 1. The van der Waals surface area contributed by atoms with Crippen LogP contribution in [0.25, 0.3) is 0 Å². The van der Waals surface area contributed by atoms with Crippen molar-refractivity contribution >= 4 is 21.7 Å². The van der Waals surface area contributed by atoms with Gasteiger partial charge in [0.15, 0.2) is 0 Å². The molecule has 0 spiro atoms. The Labute approximate surface area is 121 Å². The maximum Gasteiger partial charge on any atom is 0.148 e. The van der Waals surface area contributed by atoms with Crippen LogP contribution in [0.1, 0.15) is 35.0 Å². The summed E-state index contributed by atoms with van der Waals surface area (Å²) in [6.07, 6.45) is 2.26. The third-order valence-corrected chi connectivity index (χ3v) is 4.38. The van der Waals surface area contributed by atoms with Crippen molar-refractivity contribution in [1.29, 1.82) is 0 Å². The van der Waals surface area contributed by atoms with Crippen LogP contribution in [-0.2, 0) is 6.42 Å². The summed E-state index contributed by atoms with van der Waals surface area (Å²) >= 11 is 3.42. The van der Waals surface area contributed by atoms with Crippen molar-refractivity contribution in [3.63, 3.8) is 0 Å². The largest absolute Gasteiger partial charge is 0.362 e. The van der Waals surface area contributed by atoms with Crippen LogP contribution in [0.2, 0.25) is 0 Å². The van der Waals surface area contributed by atoms with E-state index in [-0.39, 0.29) is 0 Å². The Morgan fingerprint density at radius 1 is 1.16 bits per heavy atom. The van der Waals surface area contributed by atoms with Crippen LogP contribution in [0.15, 0.2) is 28.9 Å². The zero-order valence-corrected chi connectivity index (χ0v) is 12.7. The van der Waals surface area contributed by atoms with E-state index in [9.17, 15) is 0 Å². The van der Waals surface area contributed by atoms with Gasteiger partial charge < -0.3 is 5.32 Å². The second-order valence-electron chi connectivity index (χ2n) is 4.97. The van der Waals surface area contributed by atoms with Gasteiger partial charge in [0, 0.05) is 0 Å². The lowest BCUT2D eigenvalue weighted by Crippen LogP contribution is -2.11. The zero-order chi connectivity index (χ0) is 13.4. The van der Waals surface area contributed by atoms with Gasteiger partial charge in [0.25, 0.3) is 0 Å². The summed E-state index contributed by atoms with van der Waals surface area (Å²) in [4.78, 5) is 9.05. The molecule has 0 aliphatic heterocycles. The van der Waals surface area contributed by atoms with E-state index in [4.69, 9.17) is 0 Å². The second kappa shape index (κ2) is 4.93. The molecule has 1 unspecified atom stereocenters. The van der Waals surface area contributed by atoms with Crippen LogP contribution < -0.4 is 5.32 Å². The summed E-state index contributed by atoms with van der Waals surface area (Å²) in [5, 5.41) is 3.54. The van der Waals surface area contributed by atoms with E-state index in [1.165, 1.54) is 11.1 Å². The van der Waals surface area contributed by atoms with E-state index in [0.717, 1.165) is 34.7 Å². The molecule has 1 aromatic carbocycles. The third-order valence-electron chi connectivity index (χ3n) is 3.63. The highest BCUT2D eigenvalue weighted by molar-refractivity contribution is 9.10. The highest BCUT2D eigenvalue weighted by Crippen LogP contribution is 2.33. The van der Waals surface area contributed by atoms with Crippen LogP contribution in [0.5, 0.6) is 0 Å². The number of hydrogen-bond donors (Lipinski definition) is 1. The van der Waals surface area contributed by atoms with Crippen LogP contribution in [0, 0.1) is 13.8 Å². The van der Waals surface area contributed by atoms with Gasteiger partial charge in [0.1, 0.15) is 10.4 Å². The Balaban J connectivity index is 1.89. The predicted molar refractivity (Wildman–Crippen MR) is 80.3 cm³/mol. The van der Waals surface area contributed by atoms with Gasteiger partial charge in [-0.2, -0.15) is 0 Å². The monoisotopic (exact) mass is 317 g/mol. The fourth-order valence-corrected chi connectivity index (χ4v) is 2.94. The number of halogens is 1. The first-order valence-electron chi connectivity index (χ1n) is 6.50. The molecule has 2 aromatic rings. The van der Waals surface area contributed by atoms with Gasteiger partial charge in [-0.15, -0.1) is 0 Å². The van der Waals surface area contributed by atoms with E-state index in [0.29, 0.717) is 6.04 Å². The molecule has 1 heterocycles. The van der Waals surface area contributed by atoms with Gasteiger partial charge in [-0.1, -0.05) is 24.3 Å². The van der Waals surface area contributed by atoms with Gasteiger partial charge in [0.2, 0.25) is 0 Å². The van der Waals surface area contributed by atoms with E-state index in [2.05, 4.69) is 55.5 Å². The molecule has 4 heteroatoms. The smallest absolute Gasteiger partial charge is 0.148 e. The van der Waals surface area contributed by atoms with E-state index in [1.54, 1.807) is 0 Å². The van der Waals surface area contributed by atoms with E-state index >= 15 is 0 Å². The quantitative estimate of drug-likeness (QED) is 0.911. The SMILES string of the molecule is Cc1nc(NC2CCc3ccccc32)c(C)nc1Br. The summed E-state index contributed by atoms with van der Waals surface area (Å²) in [7, 11) is 0. The van der Waals surface area contributed by atoms with Crippen molar-refractivity contribution in [2.24, 2.45) is 0 Å². The molecule has 1 atom stereocenters. The Bertz CT molecular complexity index is 625. The van der Waals surface area contributed by atoms with Gasteiger partial charge in [-0.25, -0.2) is 9.97 Å². The lowest BCUT2D eigenvalue weighted by atomic mass is 10.1. The van der Waals surface area contributed by atoms with Crippen molar-refractivity contribution in [3.8, 4) is 0 Å². The Morgan fingerprint density at radius 3 is 2.79 bits per heavy atom. The van der Waals surface area contributed by atoms with Gasteiger partial charge >= 0.3 is 0 Å². The number of fused-ring (bicyclic) bond motifs is 1. The standard InChI is InChI=1S/C15H16BrN3/c1-9-14(16)17-10(2)15(18-9)19-13-8-7-11-5-3-4-6-12(11)13/h3-6,13H,7-8H2,1-2H3,(H,18,19). The summed E-state index contributed by atoms with van der Waals surface area (Å²) < 4.78 is 0.822. The number of rotatable bonds is 2. The predicted octanol–water partition coefficient (Wildman–Crippen LogP) is 3.96. The fourth-order valence-electron chi connectivity index (χ4n) is 2.58. The zero-order valence-electron chi connectivity index (χ0n) is 11.1. The average Bonchev–Trinajstić information content (AvgIpc) is 2.80. The molecule has 0 fully saturated rings. The van der Waals surface area contributed by atoms with Crippen molar-refractivity contribution in [2.45, 2.75) is 32.7 Å². The fraction of sp³-hybridized carbons (Fsp3) is 0.333. The van der Waals surface area contributed by atoms with Crippen molar-refractivity contribution in [3.05, 3.63) is 51.4 Å². The number of anilines is 1. The lowest BCUT2D eigenvalue weighted by Gasteiger charge is -2.16. The summed E-state index contributed by atoms with van der Waals surface area (Å²) in [5.41, 5.74) is 4.69. The molecule has 0 amide bonds. The molecule has 1 aliphatic rings. The van der Waals surface area contributed by atoms with Gasteiger partial charge in [-0.05, 0) is 53.7 Å². The van der Waals surface area contributed by atoms with Gasteiger partial charge in [-0.3, -0.25) is 0 Å². The highest BCUT2D eigenvalue weighted by atomic mass is 79.9. The Morgan fingerprint density at radius 2 is 1.95 bits per heavy atom. The molecular weight excluding hydrogens is 302 g/mol. The second-order valence-corrected chi connectivity index (χ2v) is 5.72. The Kier molecular flexibility index (Phi) is 3.27. The first kappa shape index (κ1) is 12.6. The molecule has 1 N–H and O–H groups in total. The minimum Gasteiger partial charge on any atom is -0.362 e.